The number of hydrogen-bond donors (Lipinski definition) is 4. The second-order valence-corrected chi connectivity index (χ2v) is 7.93. The first-order valence-electron chi connectivity index (χ1n) is 8.80. The van der Waals surface area contributed by atoms with Gasteiger partial charge in [-0.1, -0.05) is 0 Å². The molecule has 0 spiro atoms. The second-order valence-electron chi connectivity index (χ2n) is 7.21. The molecule has 1 aliphatic carbocycles. The first kappa shape index (κ1) is 18.1. The molecule has 2 aromatic rings. The van der Waals surface area contributed by atoms with Crippen molar-refractivity contribution in [3.8, 4) is 0 Å². The van der Waals surface area contributed by atoms with Gasteiger partial charge in [0.05, 0.1) is 27.2 Å². The Bertz CT molecular complexity index is 1020. The van der Waals surface area contributed by atoms with Crippen LogP contribution in [0.15, 0.2) is 11.0 Å². The lowest BCUT2D eigenvalue weighted by atomic mass is 9.98. The largest absolute Gasteiger partial charge is 0.477 e. The van der Waals surface area contributed by atoms with Gasteiger partial charge in [0, 0.05) is 37.9 Å². The molecule has 7 nitrogen and oxygen atoms in total. The molecule has 0 bridgehead atoms. The van der Waals surface area contributed by atoms with Crippen LogP contribution in [0.1, 0.15) is 35.2 Å². The van der Waals surface area contributed by atoms with E-state index < -0.39 is 27.7 Å². The van der Waals surface area contributed by atoms with Crippen molar-refractivity contribution in [2.75, 3.05) is 30.4 Å². The van der Waals surface area contributed by atoms with Crippen LogP contribution in [0.2, 0.25) is 0 Å². The predicted molar refractivity (Wildman–Crippen MR) is 103 cm³/mol. The number of fused-ring (bicyclic) bond motifs is 1. The first-order valence-corrected chi connectivity index (χ1v) is 9.18. The summed E-state index contributed by atoms with van der Waals surface area (Å²) in [5.74, 6) is -1.97. The fraction of sp³-hybridized carbons (Fsp3) is 0.444. The van der Waals surface area contributed by atoms with Gasteiger partial charge in [-0.05, 0) is 19.3 Å². The average Bonchev–Trinajstić information content (AvgIpc) is 3.21. The number of benzene rings is 1. The lowest BCUT2D eigenvalue weighted by Crippen LogP contribution is -2.29. The van der Waals surface area contributed by atoms with Crippen molar-refractivity contribution in [1.29, 1.82) is 0 Å². The second kappa shape index (κ2) is 6.10. The molecule has 1 saturated carbocycles. The number of carbonyl (C=O) groups is 1. The monoisotopic (exact) mass is 394 g/mol. The van der Waals surface area contributed by atoms with E-state index in [-0.39, 0.29) is 17.1 Å². The van der Waals surface area contributed by atoms with Gasteiger partial charge in [-0.15, -0.1) is 11.6 Å². The molecule has 1 aromatic carbocycles. The van der Waals surface area contributed by atoms with Crippen LogP contribution in [0, 0.1) is 5.82 Å². The van der Waals surface area contributed by atoms with Crippen molar-refractivity contribution < 1.29 is 14.3 Å². The van der Waals surface area contributed by atoms with Crippen LogP contribution in [0.4, 0.5) is 15.8 Å². The van der Waals surface area contributed by atoms with Gasteiger partial charge in [0.1, 0.15) is 5.56 Å². The number of alkyl halides is 1. The number of aromatic carboxylic acids is 1. The van der Waals surface area contributed by atoms with Crippen LogP contribution >= 0.6 is 11.6 Å². The van der Waals surface area contributed by atoms with E-state index in [2.05, 4.69) is 10.3 Å². The van der Waals surface area contributed by atoms with E-state index in [1.165, 1.54) is 7.05 Å². The lowest BCUT2D eigenvalue weighted by molar-refractivity contribution is 0.0695. The first-order chi connectivity index (χ1) is 12.8. The normalized spacial score (nSPS) is 20.9. The molecule has 1 saturated heterocycles. The molecule has 5 N–H and O–H groups in total. The standard InChI is InChI=1S/C18H20ClFN4O3/c1-22-14-10-13(23-6-9(16(10)25)17(26)27)11(18(19)3-4-18)15(12(14)20)24-5-2-8(21)7-24/h6,8,22H,2-5,7,21H2,1H3,(H,23,25)(H,26,27). The van der Waals surface area contributed by atoms with Gasteiger partial charge in [0.2, 0.25) is 5.43 Å². The highest BCUT2D eigenvalue weighted by Crippen LogP contribution is 2.58. The molecule has 4 rings (SSSR count). The Morgan fingerprint density at radius 1 is 1.52 bits per heavy atom. The summed E-state index contributed by atoms with van der Waals surface area (Å²) in [4.78, 5) is 28.2. The van der Waals surface area contributed by atoms with E-state index in [1.54, 1.807) is 0 Å². The van der Waals surface area contributed by atoms with E-state index in [9.17, 15) is 14.7 Å². The summed E-state index contributed by atoms with van der Waals surface area (Å²) in [7, 11) is 1.50. The number of H-pyrrole nitrogens is 1. The number of hydrogen-bond acceptors (Lipinski definition) is 5. The van der Waals surface area contributed by atoms with Crippen molar-refractivity contribution in [3.05, 3.63) is 33.4 Å². The van der Waals surface area contributed by atoms with Crippen molar-refractivity contribution >= 4 is 39.8 Å². The molecule has 144 valence electrons. The van der Waals surface area contributed by atoms with Crippen LogP contribution in [-0.2, 0) is 4.87 Å². The Labute approximate surface area is 159 Å². The molecule has 0 radical (unpaired) electrons. The van der Waals surface area contributed by atoms with E-state index in [4.69, 9.17) is 17.3 Å². The molecular weight excluding hydrogens is 375 g/mol. The van der Waals surface area contributed by atoms with Gasteiger partial charge in [-0.3, -0.25) is 4.79 Å². The van der Waals surface area contributed by atoms with Gasteiger partial charge in [-0.2, -0.15) is 0 Å². The lowest BCUT2D eigenvalue weighted by Gasteiger charge is -2.27. The Hall–Kier alpha value is -2.32. The maximum atomic E-state index is 15.6. The van der Waals surface area contributed by atoms with Crippen LogP contribution in [-0.4, -0.2) is 42.2 Å². The smallest absolute Gasteiger partial charge is 0.341 e. The summed E-state index contributed by atoms with van der Waals surface area (Å²) < 4.78 is 15.6. The number of nitrogens with zero attached hydrogens (tertiary/aromatic N) is 1. The minimum absolute atomic E-state index is 0.0240. The summed E-state index contributed by atoms with van der Waals surface area (Å²) in [5, 5.41) is 12.0. The van der Waals surface area contributed by atoms with Gasteiger partial charge in [-0.25, -0.2) is 9.18 Å². The summed E-state index contributed by atoms with van der Waals surface area (Å²) in [6.07, 6.45) is 3.18. The maximum Gasteiger partial charge on any atom is 0.341 e. The number of pyridine rings is 1. The molecule has 1 unspecified atom stereocenters. The molecule has 1 aliphatic heterocycles. The summed E-state index contributed by atoms with van der Waals surface area (Å²) in [6, 6.07) is -0.0649. The quantitative estimate of drug-likeness (QED) is 0.591. The number of aromatic nitrogens is 1. The van der Waals surface area contributed by atoms with Gasteiger partial charge >= 0.3 is 5.97 Å². The number of carboxylic acids is 1. The predicted octanol–water partition coefficient (Wildman–Crippen LogP) is 2.17. The highest BCUT2D eigenvalue weighted by molar-refractivity contribution is 6.27. The van der Waals surface area contributed by atoms with Crippen LogP contribution in [0.3, 0.4) is 0 Å². The van der Waals surface area contributed by atoms with E-state index in [0.717, 1.165) is 12.6 Å². The molecule has 27 heavy (non-hydrogen) atoms. The number of nitrogens with two attached hydrogens (primary N) is 1. The van der Waals surface area contributed by atoms with Crippen molar-refractivity contribution in [3.63, 3.8) is 0 Å². The zero-order chi connectivity index (χ0) is 19.5. The fourth-order valence-electron chi connectivity index (χ4n) is 3.90. The van der Waals surface area contributed by atoms with Gasteiger partial charge < -0.3 is 26.0 Å². The van der Waals surface area contributed by atoms with E-state index in [1.807, 2.05) is 4.90 Å². The van der Waals surface area contributed by atoms with Crippen molar-refractivity contribution in [1.82, 2.24) is 4.98 Å². The number of halogens is 2. The Kier molecular flexibility index (Phi) is 4.08. The van der Waals surface area contributed by atoms with Crippen molar-refractivity contribution in [2.24, 2.45) is 5.73 Å². The third kappa shape index (κ3) is 2.66. The Morgan fingerprint density at radius 3 is 2.74 bits per heavy atom. The summed E-state index contributed by atoms with van der Waals surface area (Å²) in [6.45, 7) is 1.08. The van der Waals surface area contributed by atoms with E-state index >= 15 is 4.39 Å². The zero-order valence-corrected chi connectivity index (χ0v) is 15.5. The number of rotatable bonds is 4. The molecule has 1 aromatic heterocycles. The molecular formula is C18H20ClFN4O3. The minimum atomic E-state index is -1.37. The highest BCUT2D eigenvalue weighted by atomic mass is 35.5. The fourth-order valence-corrected chi connectivity index (χ4v) is 4.18. The Balaban J connectivity index is 2.12. The molecule has 2 heterocycles. The zero-order valence-electron chi connectivity index (χ0n) is 14.7. The molecule has 9 heteroatoms. The highest BCUT2D eigenvalue weighted by Gasteiger charge is 2.48. The number of aromatic amines is 1. The van der Waals surface area contributed by atoms with Crippen LogP contribution in [0.5, 0.6) is 0 Å². The van der Waals surface area contributed by atoms with Gasteiger partial charge in [0.25, 0.3) is 0 Å². The summed E-state index contributed by atoms with van der Waals surface area (Å²) >= 11 is 6.71. The Morgan fingerprint density at radius 2 is 2.22 bits per heavy atom. The van der Waals surface area contributed by atoms with Gasteiger partial charge in [0.15, 0.2) is 5.82 Å². The molecule has 1 atom stereocenters. The SMILES string of the molecule is CNc1c(F)c(N2CCC(N)C2)c(C2(Cl)CC2)c2[nH]cc(C(=O)O)c(=O)c12. The number of anilines is 2. The average molecular weight is 395 g/mol. The number of carboxylic acid groups (broad SMARTS) is 1. The third-order valence-corrected chi connectivity index (χ3v) is 5.97. The van der Waals surface area contributed by atoms with Crippen LogP contribution in [0.25, 0.3) is 10.9 Å². The topological polar surface area (TPSA) is 111 Å². The third-order valence-electron chi connectivity index (χ3n) is 5.41. The minimum Gasteiger partial charge on any atom is -0.477 e. The molecule has 2 aliphatic rings. The maximum absolute atomic E-state index is 15.6. The van der Waals surface area contributed by atoms with Crippen LogP contribution < -0.4 is 21.4 Å². The molecule has 2 fully saturated rings. The van der Waals surface area contributed by atoms with Crippen molar-refractivity contribution in [2.45, 2.75) is 30.2 Å². The molecule has 0 amide bonds. The van der Waals surface area contributed by atoms with E-state index in [0.29, 0.717) is 42.7 Å². The summed E-state index contributed by atoms with van der Waals surface area (Å²) in [5.41, 5.74) is 6.02. The number of nitrogens with one attached hydrogen (secondary N) is 2.